The van der Waals surface area contributed by atoms with E-state index in [4.69, 9.17) is 0 Å². The van der Waals surface area contributed by atoms with Crippen molar-refractivity contribution < 1.29 is 9.90 Å². The predicted octanol–water partition coefficient (Wildman–Crippen LogP) is 1.36. The van der Waals surface area contributed by atoms with Crippen LogP contribution >= 0.6 is 0 Å². The summed E-state index contributed by atoms with van der Waals surface area (Å²) in [6.07, 6.45) is 1.31. The maximum Gasteiger partial charge on any atom is 0.311 e. The number of hydrogen-bond acceptors (Lipinski definition) is 3. The van der Waals surface area contributed by atoms with Gasteiger partial charge in [0.2, 0.25) is 0 Å². The van der Waals surface area contributed by atoms with Crippen LogP contribution in [0.4, 0.5) is 5.69 Å². The van der Waals surface area contributed by atoms with Gasteiger partial charge in [-0.2, -0.15) is 0 Å². The molecule has 1 fully saturated rings. The molecule has 4 heteroatoms. The smallest absolute Gasteiger partial charge is 0.311 e. The van der Waals surface area contributed by atoms with Crippen LogP contribution in [0, 0.1) is 5.41 Å². The Morgan fingerprint density at radius 3 is 2.50 bits per heavy atom. The molecular weight excluding hydrogens is 228 g/mol. The zero-order chi connectivity index (χ0) is 13.2. The van der Waals surface area contributed by atoms with Crippen molar-refractivity contribution >= 4 is 11.7 Å². The summed E-state index contributed by atoms with van der Waals surface area (Å²) in [7, 11) is 3.99. The first-order chi connectivity index (χ1) is 8.53. The van der Waals surface area contributed by atoms with E-state index in [9.17, 15) is 9.90 Å². The van der Waals surface area contributed by atoms with Crippen LogP contribution in [0.5, 0.6) is 0 Å². The molecule has 1 aromatic rings. The summed E-state index contributed by atoms with van der Waals surface area (Å²) in [4.78, 5) is 13.5. The highest BCUT2D eigenvalue weighted by Gasteiger charge is 2.41. The first-order valence-electron chi connectivity index (χ1n) is 6.24. The molecular formula is C14H20N2O2. The number of benzene rings is 1. The van der Waals surface area contributed by atoms with Gasteiger partial charge in [-0.1, -0.05) is 12.1 Å². The van der Waals surface area contributed by atoms with Gasteiger partial charge in [-0.05, 0) is 37.1 Å². The standard InChI is InChI=1S/C14H20N2O2/c1-16(2)12-5-3-11(4-6-12)9-14(13(17)18)7-8-15-10-14/h3-6,15H,7-10H2,1-2H3,(H,17,18). The summed E-state index contributed by atoms with van der Waals surface area (Å²) in [5.41, 5.74) is 1.60. The van der Waals surface area contributed by atoms with E-state index in [-0.39, 0.29) is 0 Å². The lowest BCUT2D eigenvalue weighted by Gasteiger charge is -2.23. The molecule has 0 spiro atoms. The van der Waals surface area contributed by atoms with Crippen LogP contribution in [0.1, 0.15) is 12.0 Å². The van der Waals surface area contributed by atoms with E-state index >= 15 is 0 Å². The van der Waals surface area contributed by atoms with Crippen molar-refractivity contribution in [3.63, 3.8) is 0 Å². The highest BCUT2D eigenvalue weighted by molar-refractivity contribution is 5.76. The monoisotopic (exact) mass is 248 g/mol. The number of carboxylic acid groups (broad SMARTS) is 1. The summed E-state index contributed by atoms with van der Waals surface area (Å²) in [6, 6.07) is 8.12. The molecule has 98 valence electrons. The molecule has 18 heavy (non-hydrogen) atoms. The van der Waals surface area contributed by atoms with Gasteiger partial charge in [0.1, 0.15) is 0 Å². The lowest BCUT2D eigenvalue weighted by atomic mass is 9.81. The van der Waals surface area contributed by atoms with Gasteiger partial charge in [0.25, 0.3) is 0 Å². The fourth-order valence-electron chi connectivity index (χ4n) is 2.46. The van der Waals surface area contributed by atoms with Gasteiger partial charge in [0, 0.05) is 26.3 Å². The summed E-state index contributed by atoms with van der Waals surface area (Å²) in [6.45, 7) is 1.36. The molecule has 0 amide bonds. The van der Waals surface area contributed by atoms with Crippen molar-refractivity contribution in [2.45, 2.75) is 12.8 Å². The molecule has 1 atom stereocenters. The van der Waals surface area contributed by atoms with Crippen molar-refractivity contribution in [1.29, 1.82) is 0 Å². The predicted molar refractivity (Wildman–Crippen MR) is 72.0 cm³/mol. The van der Waals surface area contributed by atoms with Gasteiger partial charge in [-0.25, -0.2) is 0 Å². The maximum absolute atomic E-state index is 11.5. The van der Waals surface area contributed by atoms with Gasteiger partial charge >= 0.3 is 5.97 Å². The Hall–Kier alpha value is -1.55. The first-order valence-corrected chi connectivity index (χ1v) is 6.24. The molecule has 4 nitrogen and oxygen atoms in total. The number of rotatable bonds is 4. The number of hydrogen-bond donors (Lipinski definition) is 2. The molecule has 0 saturated carbocycles. The Labute approximate surface area is 108 Å². The van der Waals surface area contributed by atoms with E-state index in [2.05, 4.69) is 5.32 Å². The van der Waals surface area contributed by atoms with Gasteiger partial charge in [-0.3, -0.25) is 4.79 Å². The second kappa shape index (κ2) is 4.98. The Balaban J connectivity index is 2.15. The van der Waals surface area contributed by atoms with Gasteiger partial charge in [0.15, 0.2) is 0 Å². The van der Waals surface area contributed by atoms with Crippen molar-refractivity contribution in [1.82, 2.24) is 5.32 Å². The summed E-state index contributed by atoms with van der Waals surface area (Å²) < 4.78 is 0. The number of aliphatic carboxylic acids is 1. The van der Waals surface area contributed by atoms with E-state index in [1.54, 1.807) is 0 Å². The minimum atomic E-state index is -0.691. The SMILES string of the molecule is CN(C)c1ccc(CC2(C(=O)O)CCNC2)cc1. The third kappa shape index (κ3) is 2.48. The first kappa shape index (κ1) is 12.9. The lowest BCUT2D eigenvalue weighted by Crippen LogP contribution is -2.35. The molecule has 1 unspecified atom stereocenters. The number of carbonyl (C=O) groups is 1. The fourth-order valence-corrected chi connectivity index (χ4v) is 2.46. The van der Waals surface area contributed by atoms with Crippen molar-refractivity contribution in [2.24, 2.45) is 5.41 Å². The molecule has 1 aliphatic rings. The molecule has 1 saturated heterocycles. The van der Waals surface area contributed by atoms with Crippen LogP contribution in [0.25, 0.3) is 0 Å². The number of nitrogens with zero attached hydrogens (tertiary/aromatic N) is 1. The minimum Gasteiger partial charge on any atom is -0.481 e. The Kier molecular flexibility index (Phi) is 3.57. The van der Waals surface area contributed by atoms with Crippen LogP contribution in [0.3, 0.4) is 0 Å². The molecule has 1 aliphatic heterocycles. The van der Waals surface area contributed by atoms with E-state index in [1.165, 1.54) is 0 Å². The van der Waals surface area contributed by atoms with E-state index in [0.717, 1.165) is 17.8 Å². The van der Waals surface area contributed by atoms with E-state index in [0.29, 0.717) is 19.4 Å². The summed E-state index contributed by atoms with van der Waals surface area (Å²) in [5, 5.41) is 12.6. The number of anilines is 1. The highest BCUT2D eigenvalue weighted by atomic mass is 16.4. The fraction of sp³-hybridized carbons (Fsp3) is 0.500. The second-order valence-corrected chi connectivity index (χ2v) is 5.25. The van der Waals surface area contributed by atoms with Crippen LogP contribution in [-0.4, -0.2) is 38.3 Å². The lowest BCUT2D eigenvalue weighted by molar-refractivity contribution is -0.147. The van der Waals surface area contributed by atoms with Gasteiger partial charge in [0.05, 0.1) is 5.41 Å². The molecule has 1 heterocycles. The molecule has 2 rings (SSSR count). The van der Waals surface area contributed by atoms with Gasteiger partial charge in [-0.15, -0.1) is 0 Å². The van der Waals surface area contributed by atoms with Crippen molar-refractivity contribution in [3.8, 4) is 0 Å². The van der Waals surface area contributed by atoms with Crippen molar-refractivity contribution in [2.75, 3.05) is 32.1 Å². The molecule has 0 aromatic heterocycles. The van der Waals surface area contributed by atoms with Gasteiger partial charge < -0.3 is 15.3 Å². The minimum absolute atomic E-state index is 0.567. The number of nitrogens with one attached hydrogen (secondary N) is 1. The Morgan fingerprint density at radius 2 is 2.06 bits per heavy atom. The third-order valence-electron chi connectivity index (χ3n) is 3.69. The summed E-state index contributed by atoms with van der Waals surface area (Å²) >= 11 is 0. The second-order valence-electron chi connectivity index (χ2n) is 5.25. The molecule has 0 aliphatic carbocycles. The molecule has 1 aromatic carbocycles. The van der Waals surface area contributed by atoms with E-state index < -0.39 is 11.4 Å². The molecule has 0 bridgehead atoms. The third-order valence-corrected chi connectivity index (χ3v) is 3.69. The Morgan fingerprint density at radius 1 is 1.39 bits per heavy atom. The van der Waals surface area contributed by atoms with Crippen molar-refractivity contribution in [3.05, 3.63) is 29.8 Å². The normalized spacial score (nSPS) is 23.0. The van der Waals surface area contributed by atoms with Crippen LogP contribution in [0.2, 0.25) is 0 Å². The van der Waals surface area contributed by atoms with Crippen LogP contribution in [0.15, 0.2) is 24.3 Å². The van der Waals surface area contributed by atoms with Crippen LogP contribution in [-0.2, 0) is 11.2 Å². The maximum atomic E-state index is 11.5. The zero-order valence-electron chi connectivity index (χ0n) is 10.9. The average molecular weight is 248 g/mol. The van der Waals surface area contributed by atoms with Crippen LogP contribution < -0.4 is 10.2 Å². The van der Waals surface area contributed by atoms with E-state index in [1.807, 2.05) is 43.3 Å². The quantitative estimate of drug-likeness (QED) is 0.844. The number of carboxylic acids is 1. The summed E-state index contributed by atoms with van der Waals surface area (Å²) in [5.74, 6) is -0.691. The topological polar surface area (TPSA) is 52.6 Å². The Bertz CT molecular complexity index is 420. The zero-order valence-corrected chi connectivity index (χ0v) is 10.9. The molecule has 2 N–H and O–H groups in total. The average Bonchev–Trinajstić information content (AvgIpc) is 2.79. The largest absolute Gasteiger partial charge is 0.481 e. The highest BCUT2D eigenvalue weighted by Crippen LogP contribution is 2.30. The molecule has 0 radical (unpaired) electrons.